The average Bonchev–Trinajstić information content (AvgIpc) is 3.24. The Morgan fingerprint density at radius 1 is 1.26 bits per heavy atom. The van der Waals surface area contributed by atoms with E-state index in [2.05, 4.69) is 20.8 Å². The topological polar surface area (TPSA) is 123 Å². The Morgan fingerprint density at radius 2 is 2.09 bits per heavy atom. The standard InChI is InChI=1S/C23H20Cl2N4O5S/c1-35(30,31)29-23-27-6-4-17(28-23)13-33-18-2-3-19-16(9-18)12-34-21(19)14-8-15(11-26)22(20(25)10-14)32-7-5-24/h2-4,6,8-10,21H,5,7,12-13H2,1H3,(H,27,28,29). The van der Waals surface area contributed by atoms with Gasteiger partial charge in [-0.15, -0.1) is 11.6 Å². The van der Waals surface area contributed by atoms with Crippen molar-refractivity contribution in [2.24, 2.45) is 0 Å². The summed E-state index contributed by atoms with van der Waals surface area (Å²) < 4.78 is 42.3. The van der Waals surface area contributed by atoms with Gasteiger partial charge in [-0.3, -0.25) is 4.72 Å². The molecular weight excluding hydrogens is 515 g/mol. The number of hydrogen-bond acceptors (Lipinski definition) is 8. The van der Waals surface area contributed by atoms with Crippen LogP contribution in [0.4, 0.5) is 5.95 Å². The molecule has 1 atom stereocenters. The number of benzene rings is 2. The van der Waals surface area contributed by atoms with Crippen molar-refractivity contribution in [3.63, 3.8) is 0 Å². The van der Waals surface area contributed by atoms with Gasteiger partial charge in [0, 0.05) is 6.20 Å². The molecule has 0 radical (unpaired) electrons. The summed E-state index contributed by atoms with van der Waals surface area (Å²) in [5.41, 5.74) is 3.43. The highest BCUT2D eigenvalue weighted by Gasteiger charge is 2.27. The van der Waals surface area contributed by atoms with Crippen LogP contribution in [0.15, 0.2) is 42.6 Å². The van der Waals surface area contributed by atoms with Crippen molar-refractivity contribution in [2.45, 2.75) is 19.3 Å². The lowest BCUT2D eigenvalue weighted by molar-refractivity contribution is 0.0938. The van der Waals surface area contributed by atoms with Gasteiger partial charge in [-0.25, -0.2) is 18.4 Å². The summed E-state index contributed by atoms with van der Waals surface area (Å²) in [6, 6.07) is 12.8. The zero-order valence-corrected chi connectivity index (χ0v) is 20.8. The van der Waals surface area contributed by atoms with E-state index in [1.807, 2.05) is 18.2 Å². The van der Waals surface area contributed by atoms with Gasteiger partial charge in [-0.1, -0.05) is 17.7 Å². The molecule has 1 aliphatic rings. The summed E-state index contributed by atoms with van der Waals surface area (Å²) in [5.74, 6) is 1.17. The number of ether oxygens (including phenoxy) is 3. The van der Waals surface area contributed by atoms with Crippen LogP contribution in [0.1, 0.15) is 34.1 Å². The van der Waals surface area contributed by atoms with Crippen molar-refractivity contribution in [3.8, 4) is 17.6 Å². The molecule has 9 nitrogen and oxygen atoms in total. The van der Waals surface area contributed by atoms with Crippen molar-refractivity contribution < 1.29 is 22.6 Å². The maximum Gasteiger partial charge on any atom is 0.236 e. The number of rotatable bonds is 9. The van der Waals surface area contributed by atoms with Crippen LogP contribution in [0.5, 0.6) is 11.5 Å². The molecule has 0 aliphatic carbocycles. The van der Waals surface area contributed by atoms with Gasteiger partial charge in [0.25, 0.3) is 0 Å². The highest BCUT2D eigenvalue weighted by atomic mass is 35.5. The zero-order valence-electron chi connectivity index (χ0n) is 18.5. The zero-order chi connectivity index (χ0) is 25.0. The summed E-state index contributed by atoms with van der Waals surface area (Å²) >= 11 is 12.1. The number of nitriles is 1. The molecule has 0 bridgehead atoms. The Balaban J connectivity index is 1.49. The molecule has 0 saturated heterocycles. The largest absolute Gasteiger partial charge is 0.489 e. The first-order chi connectivity index (χ1) is 16.8. The minimum Gasteiger partial charge on any atom is -0.489 e. The maximum absolute atomic E-state index is 11.4. The fraction of sp³-hybridized carbons (Fsp3) is 0.261. The Bertz CT molecular complexity index is 1400. The highest BCUT2D eigenvalue weighted by molar-refractivity contribution is 7.91. The molecule has 182 valence electrons. The van der Waals surface area contributed by atoms with Crippen LogP contribution in [0.25, 0.3) is 0 Å². The summed E-state index contributed by atoms with van der Waals surface area (Å²) in [5, 5.41) is 9.86. The molecule has 12 heteroatoms. The number of fused-ring (bicyclic) bond motifs is 1. The van der Waals surface area contributed by atoms with E-state index in [1.54, 1.807) is 18.2 Å². The number of nitrogens with one attached hydrogen (secondary N) is 1. The lowest BCUT2D eigenvalue weighted by Crippen LogP contribution is -2.13. The first-order valence-corrected chi connectivity index (χ1v) is 13.2. The molecule has 1 aliphatic heterocycles. The van der Waals surface area contributed by atoms with Crippen LogP contribution in [0.2, 0.25) is 5.02 Å². The molecule has 1 aromatic heterocycles. The van der Waals surface area contributed by atoms with Crippen molar-refractivity contribution in [1.82, 2.24) is 9.97 Å². The summed E-state index contributed by atoms with van der Waals surface area (Å²) in [4.78, 5) is 8.03. The normalized spacial score (nSPS) is 14.7. The van der Waals surface area contributed by atoms with Crippen LogP contribution in [0, 0.1) is 11.3 Å². The summed E-state index contributed by atoms with van der Waals surface area (Å²) in [6.45, 7) is 0.720. The van der Waals surface area contributed by atoms with Crippen LogP contribution in [-0.4, -0.2) is 37.1 Å². The molecule has 4 rings (SSSR count). The first-order valence-electron chi connectivity index (χ1n) is 10.4. The second-order valence-corrected chi connectivity index (χ2v) is 10.1. The van der Waals surface area contributed by atoms with E-state index in [1.165, 1.54) is 6.20 Å². The third kappa shape index (κ3) is 6.13. The molecule has 1 N–H and O–H groups in total. The number of alkyl halides is 1. The average molecular weight is 535 g/mol. The van der Waals surface area contributed by atoms with Gasteiger partial charge in [0.15, 0.2) is 5.75 Å². The monoisotopic (exact) mass is 534 g/mol. The Kier molecular flexibility index (Phi) is 7.62. The third-order valence-corrected chi connectivity index (χ3v) is 5.98. The highest BCUT2D eigenvalue weighted by Crippen LogP contribution is 2.41. The molecular formula is C23H20Cl2N4O5S. The number of aromatic nitrogens is 2. The minimum absolute atomic E-state index is 0.0201. The van der Waals surface area contributed by atoms with Gasteiger partial charge in [-0.2, -0.15) is 5.26 Å². The van der Waals surface area contributed by atoms with E-state index in [0.29, 0.717) is 34.4 Å². The van der Waals surface area contributed by atoms with Crippen molar-refractivity contribution >= 4 is 39.2 Å². The second kappa shape index (κ2) is 10.7. The molecule has 0 amide bonds. The van der Waals surface area contributed by atoms with Crippen LogP contribution >= 0.6 is 23.2 Å². The lowest BCUT2D eigenvalue weighted by atomic mass is 9.97. The summed E-state index contributed by atoms with van der Waals surface area (Å²) in [7, 11) is -3.48. The van der Waals surface area contributed by atoms with Crippen LogP contribution in [0.3, 0.4) is 0 Å². The number of halogens is 2. The predicted molar refractivity (Wildman–Crippen MR) is 130 cm³/mol. The van der Waals surface area contributed by atoms with Gasteiger partial charge in [0.1, 0.15) is 31.1 Å². The van der Waals surface area contributed by atoms with E-state index < -0.39 is 16.1 Å². The molecule has 0 spiro atoms. The summed E-state index contributed by atoms with van der Waals surface area (Å²) in [6.07, 6.45) is 2.09. The van der Waals surface area contributed by atoms with E-state index in [0.717, 1.165) is 22.9 Å². The van der Waals surface area contributed by atoms with E-state index in [4.69, 9.17) is 37.4 Å². The molecule has 2 heterocycles. The number of nitrogens with zero attached hydrogens (tertiary/aromatic N) is 3. The van der Waals surface area contributed by atoms with Crippen molar-refractivity contribution in [1.29, 1.82) is 5.26 Å². The number of sulfonamides is 1. The molecule has 1 unspecified atom stereocenters. The molecule has 0 saturated carbocycles. The third-order valence-electron chi connectivity index (χ3n) is 4.99. The van der Waals surface area contributed by atoms with Gasteiger partial charge in [0.05, 0.1) is 35.0 Å². The Labute approximate surface area is 212 Å². The number of hydrogen-bond donors (Lipinski definition) is 1. The minimum atomic E-state index is -3.48. The SMILES string of the molecule is CS(=O)(=O)Nc1nccc(COc2ccc3c(c2)COC3c2cc(Cl)c(OCCCl)c(C#N)c2)n1. The first kappa shape index (κ1) is 25.0. The second-order valence-electron chi connectivity index (χ2n) is 7.61. The Morgan fingerprint density at radius 3 is 2.83 bits per heavy atom. The van der Waals surface area contributed by atoms with Crippen molar-refractivity contribution in [2.75, 3.05) is 23.5 Å². The van der Waals surface area contributed by atoms with E-state index in [9.17, 15) is 13.7 Å². The predicted octanol–water partition coefficient (Wildman–Crippen LogP) is 4.19. The quantitative estimate of drug-likeness (QED) is 0.405. The molecule has 35 heavy (non-hydrogen) atoms. The van der Waals surface area contributed by atoms with Crippen LogP contribution < -0.4 is 14.2 Å². The molecule has 0 fully saturated rings. The number of anilines is 1. The van der Waals surface area contributed by atoms with Gasteiger partial charge >= 0.3 is 0 Å². The van der Waals surface area contributed by atoms with Gasteiger partial charge in [0.2, 0.25) is 16.0 Å². The smallest absolute Gasteiger partial charge is 0.236 e. The lowest BCUT2D eigenvalue weighted by Gasteiger charge is -2.16. The fourth-order valence-electron chi connectivity index (χ4n) is 3.58. The van der Waals surface area contributed by atoms with Gasteiger partial charge in [-0.05, 0) is 47.0 Å². The van der Waals surface area contributed by atoms with E-state index >= 15 is 0 Å². The molecule has 3 aromatic rings. The fourth-order valence-corrected chi connectivity index (χ4v) is 4.37. The van der Waals surface area contributed by atoms with Crippen molar-refractivity contribution in [3.05, 3.63) is 75.6 Å². The van der Waals surface area contributed by atoms with E-state index in [-0.39, 0.29) is 25.0 Å². The Hall–Kier alpha value is -3.10. The maximum atomic E-state index is 11.4. The van der Waals surface area contributed by atoms with Gasteiger partial charge < -0.3 is 14.2 Å². The molecule has 2 aromatic carbocycles. The van der Waals surface area contributed by atoms with Crippen LogP contribution in [-0.2, 0) is 28.0 Å².